The number of halogens is 1. The molecule has 0 fully saturated rings. The van der Waals surface area contributed by atoms with Crippen molar-refractivity contribution >= 4 is 31.5 Å². The van der Waals surface area contributed by atoms with Gasteiger partial charge in [0.1, 0.15) is 0 Å². The zero-order valence-corrected chi connectivity index (χ0v) is 16.4. The smallest absolute Gasteiger partial charge is 0.219 e. The van der Waals surface area contributed by atoms with Gasteiger partial charge in [-0.05, 0) is 48.0 Å². The largest absolute Gasteiger partial charge is 0.240 e. The Morgan fingerprint density at radius 3 is 2.00 bits per heavy atom. The van der Waals surface area contributed by atoms with Crippen LogP contribution in [-0.4, -0.2) is 16.8 Å². The minimum absolute atomic E-state index is 0.0405. The average molecular weight is 422 g/mol. The quantitative estimate of drug-likeness (QED) is 0.658. The predicted octanol–water partition coefficient (Wildman–Crippen LogP) is 3.65. The second-order valence-electron chi connectivity index (χ2n) is 5.74. The number of sulfonamides is 1. The lowest BCUT2D eigenvalue weighted by Gasteiger charge is -2.09. The first-order valence-electron chi connectivity index (χ1n) is 7.93. The lowest BCUT2D eigenvalue weighted by atomic mass is 10.2. The lowest BCUT2D eigenvalue weighted by Crippen LogP contribution is -2.23. The molecule has 0 aromatic heterocycles. The van der Waals surface area contributed by atoms with Gasteiger partial charge >= 0.3 is 0 Å². The van der Waals surface area contributed by atoms with Crippen LogP contribution in [0.1, 0.15) is 5.56 Å². The van der Waals surface area contributed by atoms with E-state index in [1.165, 1.54) is 42.5 Å². The summed E-state index contributed by atoms with van der Waals surface area (Å²) in [6, 6.07) is 20.0. The standard InChI is InChI=1S/C19H16ClNO4S2/c20-16-9-11-17(12-10-16)26(22,23)18-7-4-8-19(13-18)27(24,25)21-14-15-5-2-1-3-6-15/h1-13,21H,14H2. The molecule has 0 aliphatic heterocycles. The number of benzene rings is 3. The van der Waals surface area contributed by atoms with Gasteiger partial charge in [0.25, 0.3) is 0 Å². The Morgan fingerprint density at radius 1 is 0.704 bits per heavy atom. The van der Waals surface area contributed by atoms with Crippen molar-refractivity contribution in [3.05, 3.63) is 89.4 Å². The molecular formula is C19H16ClNO4S2. The molecule has 0 spiro atoms. The van der Waals surface area contributed by atoms with E-state index in [1.807, 2.05) is 18.2 Å². The van der Waals surface area contributed by atoms with Crippen molar-refractivity contribution in [3.63, 3.8) is 0 Å². The summed E-state index contributed by atoms with van der Waals surface area (Å²) in [5, 5.41) is 0.412. The van der Waals surface area contributed by atoms with Crippen LogP contribution in [0, 0.1) is 0 Å². The van der Waals surface area contributed by atoms with Gasteiger partial charge in [0, 0.05) is 11.6 Å². The second-order valence-corrected chi connectivity index (χ2v) is 9.90. The van der Waals surface area contributed by atoms with Crippen molar-refractivity contribution in [2.24, 2.45) is 0 Å². The highest BCUT2D eigenvalue weighted by molar-refractivity contribution is 7.91. The van der Waals surface area contributed by atoms with Crippen LogP contribution in [-0.2, 0) is 26.4 Å². The molecule has 0 unspecified atom stereocenters. The Labute approximate surface area is 163 Å². The van der Waals surface area contributed by atoms with E-state index < -0.39 is 19.9 Å². The number of rotatable bonds is 6. The number of nitrogens with one attached hydrogen (secondary N) is 1. The molecule has 0 radical (unpaired) electrons. The zero-order valence-electron chi connectivity index (χ0n) is 14.0. The van der Waals surface area contributed by atoms with Crippen molar-refractivity contribution in [1.82, 2.24) is 4.72 Å². The number of hydrogen-bond donors (Lipinski definition) is 1. The van der Waals surface area contributed by atoms with Gasteiger partial charge in [-0.2, -0.15) is 0 Å². The van der Waals surface area contributed by atoms with Crippen LogP contribution in [0.3, 0.4) is 0 Å². The summed E-state index contributed by atoms with van der Waals surface area (Å²) < 4.78 is 53.1. The van der Waals surface area contributed by atoms with Crippen LogP contribution in [0.15, 0.2) is 93.5 Å². The van der Waals surface area contributed by atoms with Crippen molar-refractivity contribution in [3.8, 4) is 0 Å². The first-order valence-corrected chi connectivity index (χ1v) is 11.3. The molecule has 5 nitrogen and oxygen atoms in total. The van der Waals surface area contributed by atoms with Crippen LogP contribution in [0.5, 0.6) is 0 Å². The van der Waals surface area contributed by atoms with Crippen LogP contribution >= 0.6 is 11.6 Å². The molecule has 8 heteroatoms. The van der Waals surface area contributed by atoms with Crippen molar-refractivity contribution < 1.29 is 16.8 Å². The minimum Gasteiger partial charge on any atom is -0.219 e. The van der Waals surface area contributed by atoms with Gasteiger partial charge in [0.2, 0.25) is 19.9 Å². The SMILES string of the molecule is O=S(=O)(NCc1ccccc1)c1cccc(S(=O)(=O)c2ccc(Cl)cc2)c1. The van der Waals surface area contributed by atoms with E-state index in [9.17, 15) is 16.8 Å². The Kier molecular flexibility index (Phi) is 5.67. The van der Waals surface area contributed by atoms with Gasteiger partial charge in [-0.3, -0.25) is 0 Å². The van der Waals surface area contributed by atoms with Crippen molar-refractivity contribution in [2.45, 2.75) is 21.2 Å². The maximum absolute atomic E-state index is 12.7. The van der Waals surface area contributed by atoms with E-state index >= 15 is 0 Å². The monoisotopic (exact) mass is 421 g/mol. The van der Waals surface area contributed by atoms with Gasteiger partial charge < -0.3 is 0 Å². The summed E-state index contributed by atoms with van der Waals surface area (Å²) in [6.45, 7) is 0.108. The molecule has 1 N–H and O–H groups in total. The lowest BCUT2D eigenvalue weighted by molar-refractivity contribution is 0.581. The molecule has 0 aliphatic rings. The summed E-state index contributed by atoms with van der Waals surface area (Å²) in [6.07, 6.45) is 0. The molecule has 3 rings (SSSR count). The predicted molar refractivity (Wildman–Crippen MR) is 104 cm³/mol. The van der Waals surface area contributed by atoms with Gasteiger partial charge in [-0.25, -0.2) is 21.6 Å². The number of sulfone groups is 1. The molecule has 140 valence electrons. The molecule has 0 aliphatic carbocycles. The van der Waals surface area contributed by atoms with Gasteiger partial charge in [0.05, 0.1) is 14.7 Å². The highest BCUT2D eigenvalue weighted by Gasteiger charge is 2.21. The summed E-state index contributed by atoms with van der Waals surface area (Å²) >= 11 is 5.80. The zero-order chi connectivity index (χ0) is 19.5. The second kappa shape index (κ2) is 7.82. The highest BCUT2D eigenvalue weighted by atomic mass is 35.5. The third-order valence-corrected chi connectivity index (χ3v) is 7.28. The van der Waals surface area contributed by atoms with Gasteiger partial charge in [-0.1, -0.05) is 48.0 Å². The summed E-state index contributed by atoms with van der Waals surface area (Å²) in [5.74, 6) is 0. The molecule has 27 heavy (non-hydrogen) atoms. The summed E-state index contributed by atoms with van der Waals surface area (Å²) in [7, 11) is -7.72. The van der Waals surface area contributed by atoms with E-state index in [0.29, 0.717) is 5.02 Å². The molecule has 0 saturated carbocycles. The Bertz CT molecular complexity index is 1140. The average Bonchev–Trinajstić information content (AvgIpc) is 2.68. The maximum Gasteiger partial charge on any atom is 0.240 e. The Hall–Kier alpha value is -2.19. The van der Waals surface area contributed by atoms with Crippen molar-refractivity contribution in [1.29, 1.82) is 0 Å². The Balaban J connectivity index is 1.89. The van der Waals surface area contributed by atoms with Gasteiger partial charge in [0.15, 0.2) is 0 Å². The third-order valence-electron chi connectivity index (χ3n) is 3.86. The molecule has 0 saturated heterocycles. The normalized spacial score (nSPS) is 12.0. The fraction of sp³-hybridized carbons (Fsp3) is 0.0526. The molecule has 3 aromatic carbocycles. The Morgan fingerprint density at radius 2 is 1.33 bits per heavy atom. The first kappa shape index (κ1) is 19.6. The fourth-order valence-corrected chi connectivity index (χ4v) is 4.99. The molecule has 3 aromatic rings. The maximum atomic E-state index is 12.7. The van der Waals surface area contributed by atoms with Crippen LogP contribution in [0.25, 0.3) is 0 Å². The first-order chi connectivity index (χ1) is 12.8. The van der Waals surface area contributed by atoms with E-state index in [-0.39, 0.29) is 21.2 Å². The number of hydrogen-bond acceptors (Lipinski definition) is 4. The molecule has 0 heterocycles. The summed E-state index contributed by atoms with van der Waals surface area (Å²) in [4.78, 5) is -0.181. The van der Waals surface area contributed by atoms with Crippen LogP contribution in [0.4, 0.5) is 0 Å². The fourth-order valence-electron chi connectivity index (χ4n) is 2.42. The van der Waals surface area contributed by atoms with Gasteiger partial charge in [-0.15, -0.1) is 0 Å². The van der Waals surface area contributed by atoms with Crippen LogP contribution in [0.2, 0.25) is 5.02 Å². The van der Waals surface area contributed by atoms with E-state index in [0.717, 1.165) is 11.6 Å². The van der Waals surface area contributed by atoms with E-state index in [2.05, 4.69) is 4.72 Å². The third kappa shape index (κ3) is 4.56. The molecular weight excluding hydrogens is 406 g/mol. The molecule has 0 bridgehead atoms. The highest BCUT2D eigenvalue weighted by Crippen LogP contribution is 2.24. The van der Waals surface area contributed by atoms with E-state index in [4.69, 9.17) is 11.6 Å². The topological polar surface area (TPSA) is 80.3 Å². The van der Waals surface area contributed by atoms with E-state index in [1.54, 1.807) is 12.1 Å². The summed E-state index contributed by atoms with van der Waals surface area (Å²) in [5.41, 5.74) is 0.797. The molecule has 0 atom stereocenters. The molecule has 0 amide bonds. The minimum atomic E-state index is -3.87. The van der Waals surface area contributed by atoms with Crippen molar-refractivity contribution in [2.75, 3.05) is 0 Å². The van der Waals surface area contributed by atoms with Crippen LogP contribution < -0.4 is 4.72 Å².